The minimum absolute atomic E-state index is 0. The number of nitrogens with zero attached hydrogens (tertiary/aromatic N) is 4. The summed E-state index contributed by atoms with van der Waals surface area (Å²) in [6, 6.07) is 42.9. The molecule has 8 rings (SSSR count). The van der Waals surface area contributed by atoms with Gasteiger partial charge in [0.05, 0.1) is 5.65 Å². The normalized spacial score (nSPS) is 12.5. The molecule has 4 nitrogen and oxygen atoms in total. The molecule has 0 amide bonds. The van der Waals surface area contributed by atoms with E-state index in [1.54, 1.807) is 0 Å². The smallest absolute Gasteiger partial charge is 0.434 e. The molecule has 0 fully saturated rings. The van der Waals surface area contributed by atoms with Crippen LogP contribution in [-0.2, 0) is 37.3 Å². The van der Waals surface area contributed by atoms with Crippen LogP contribution >= 0.6 is 0 Å². The van der Waals surface area contributed by atoms with Gasteiger partial charge in [0.15, 0.2) is 0 Å². The second-order valence-corrected chi connectivity index (χ2v) is 17.2. The maximum atomic E-state index is 5.53. The van der Waals surface area contributed by atoms with Gasteiger partial charge in [-0.2, -0.15) is 0 Å². The summed E-state index contributed by atoms with van der Waals surface area (Å²) >= 11 is 0. The van der Waals surface area contributed by atoms with Crippen LogP contribution in [0.5, 0.6) is 0 Å². The number of fused-ring (bicyclic) bond motifs is 4. The number of benzene rings is 4. The number of aromatic nitrogens is 4. The molecule has 0 spiro atoms. The topological polar surface area (TPSA) is 44.8 Å². The third kappa shape index (κ3) is 6.68. The number of hydrogen-bond acceptors (Lipinski definition) is 2. The van der Waals surface area contributed by atoms with E-state index in [9.17, 15) is 0 Å². The van der Waals surface area contributed by atoms with Gasteiger partial charge in [-0.25, -0.2) is 0 Å². The Bertz CT molecular complexity index is 2620. The Labute approximate surface area is 328 Å². The fraction of sp³-hybridized carbons (Fsp3) is 0.250. The molecule has 0 aliphatic carbocycles. The largest absolute Gasteiger partial charge is 2.00 e. The molecule has 0 radical (unpaired) electrons. The molecule has 5 heteroatoms. The van der Waals surface area contributed by atoms with Gasteiger partial charge in [-0.05, 0) is 72.2 Å². The molecule has 0 N–H and O–H groups in total. The molecule has 4 heterocycles. The van der Waals surface area contributed by atoms with Gasteiger partial charge in [0, 0.05) is 23.0 Å². The van der Waals surface area contributed by atoms with Crippen molar-refractivity contribution in [1.29, 1.82) is 0 Å². The first-order valence-electron chi connectivity index (χ1n) is 18.3. The van der Waals surface area contributed by atoms with Gasteiger partial charge in [0.25, 0.3) is 0 Å². The number of rotatable bonds is 4. The Hall–Kier alpha value is -4.79. The van der Waals surface area contributed by atoms with Crippen LogP contribution < -0.4 is 4.98 Å². The summed E-state index contributed by atoms with van der Waals surface area (Å²) in [6.45, 7) is 20.3. The third-order valence-corrected chi connectivity index (χ3v) is 10.3. The van der Waals surface area contributed by atoms with Gasteiger partial charge in [0.2, 0.25) is 0 Å². The first-order chi connectivity index (χ1) is 24.7. The number of pyridine rings is 2. The Morgan fingerprint density at radius 2 is 1.17 bits per heavy atom. The summed E-state index contributed by atoms with van der Waals surface area (Å²) in [6.07, 6.45) is 1.92. The second kappa shape index (κ2) is 13.3. The molecular weight excluding hydrogens is 828 g/mol. The van der Waals surface area contributed by atoms with E-state index in [4.69, 9.17) is 15.0 Å². The fourth-order valence-electron chi connectivity index (χ4n) is 7.14. The van der Waals surface area contributed by atoms with Crippen molar-refractivity contribution in [2.45, 2.75) is 78.6 Å². The van der Waals surface area contributed by atoms with Crippen molar-refractivity contribution in [3.8, 4) is 39.6 Å². The van der Waals surface area contributed by atoms with Gasteiger partial charge in [-0.3, -0.25) is 9.97 Å². The van der Waals surface area contributed by atoms with Gasteiger partial charge in [-0.15, -0.1) is 23.8 Å². The molecule has 0 aliphatic rings. The Balaban J connectivity index is 0.00000435. The molecule has 0 unspecified atom stereocenters. The molecule has 0 atom stereocenters. The Morgan fingerprint density at radius 3 is 1.85 bits per heavy atom. The molecular formula is C48H46N4Pt. The van der Waals surface area contributed by atoms with Crippen LogP contribution in [-0.4, -0.2) is 14.5 Å². The van der Waals surface area contributed by atoms with Crippen LogP contribution in [0, 0.1) is 6.07 Å². The maximum Gasteiger partial charge on any atom is 2.00 e. The summed E-state index contributed by atoms with van der Waals surface area (Å²) in [5.74, 6) is 0.888. The van der Waals surface area contributed by atoms with Gasteiger partial charge < -0.3 is 9.55 Å². The zero-order valence-corrected chi connectivity index (χ0v) is 34.3. The molecule has 0 saturated heterocycles. The molecule has 0 saturated carbocycles. The van der Waals surface area contributed by atoms with Crippen LogP contribution in [0.15, 0.2) is 115 Å². The zero-order valence-electron chi connectivity index (χ0n) is 32.1. The van der Waals surface area contributed by atoms with Crippen molar-refractivity contribution in [3.05, 3.63) is 138 Å². The van der Waals surface area contributed by atoms with E-state index >= 15 is 0 Å². The molecule has 268 valence electrons. The Kier molecular flexibility index (Phi) is 9.14. The van der Waals surface area contributed by atoms with Crippen LogP contribution in [0.4, 0.5) is 0 Å². The van der Waals surface area contributed by atoms with Crippen molar-refractivity contribution in [2.75, 3.05) is 0 Å². The van der Waals surface area contributed by atoms with Crippen LogP contribution in [0.3, 0.4) is 0 Å². The van der Waals surface area contributed by atoms with Crippen molar-refractivity contribution < 1.29 is 21.1 Å². The average Bonchev–Trinajstić information content (AvgIpc) is 3.65. The summed E-state index contributed by atoms with van der Waals surface area (Å²) in [5, 5.41) is 4.50. The first-order valence-corrected chi connectivity index (χ1v) is 18.3. The molecule has 0 aliphatic heterocycles. The van der Waals surface area contributed by atoms with E-state index in [2.05, 4.69) is 182 Å². The van der Waals surface area contributed by atoms with Gasteiger partial charge in [0.1, 0.15) is 0 Å². The predicted octanol–water partition coefficient (Wildman–Crippen LogP) is 12.4. The summed E-state index contributed by atoms with van der Waals surface area (Å²) in [7, 11) is 0. The molecule has 8 aromatic rings. The summed E-state index contributed by atoms with van der Waals surface area (Å²) in [5.41, 5.74) is 11.4. The minimum Gasteiger partial charge on any atom is -0.434 e. The Morgan fingerprint density at radius 1 is 0.547 bits per heavy atom. The summed E-state index contributed by atoms with van der Waals surface area (Å²) in [4.78, 5) is 15.8. The van der Waals surface area contributed by atoms with Gasteiger partial charge >= 0.3 is 21.1 Å². The quantitative estimate of drug-likeness (QED) is 0.166. The van der Waals surface area contributed by atoms with E-state index in [0.29, 0.717) is 0 Å². The van der Waals surface area contributed by atoms with E-state index in [1.807, 2.05) is 6.20 Å². The molecule has 0 bridgehead atoms. The zero-order chi connectivity index (χ0) is 36.6. The van der Waals surface area contributed by atoms with E-state index in [-0.39, 0.29) is 37.3 Å². The predicted molar refractivity (Wildman–Crippen MR) is 218 cm³/mol. The third-order valence-electron chi connectivity index (χ3n) is 10.3. The molecule has 4 aromatic heterocycles. The van der Waals surface area contributed by atoms with Crippen molar-refractivity contribution >= 4 is 32.7 Å². The molecule has 4 aromatic carbocycles. The van der Waals surface area contributed by atoms with Crippen molar-refractivity contribution in [2.24, 2.45) is 0 Å². The second-order valence-electron chi connectivity index (χ2n) is 17.2. The maximum absolute atomic E-state index is 5.53. The molecule has 53 heavy (non-hydrogen) atoms. The SMILES string of the molecule is CC(C)(C)c1cc(-c2cc(C(C)(C)C)ccn2)[c-]c(-c2ccc3c4cc(C(C)(C)C)ccc4n(-c4[n-]c(-c5ccccc5)c5ccccc45)c3n2)c1.[Pt+2]. The van der Waals surface area contributed by atoms with Crippen LogP contribution in [0.2, 0.25) is 0 Å². The van der Waals surface area contributed by atoms with E-state index < -0.39 is 0 Å². The fourth-order valence-corrected chi connectivity index (χ4v) is 7.14. The monoisotopic (exact) mass is 873 g/mol. The van der Waals surface area contributed by atoms with E-state index in [0.717, 1.165) is 66.9 Å². The van der Waals surface area contributed by atoms with Crippen LogP contribution in [0.25, 0.3) is 72.3 Å². The first kappa shape index (κ1) is 36.6. The van der Waals surface area contributed by atoms with Crippen LogP contribution in [0.1, 0.15) is 79.0 Å². The summed E-state index contributed by atoms with van der Waals surface area (Å²) < 4.78 is 2.28. The van der Waals surface area contributed by atoms with Gasteiger partial charge in [-0.1, -0.05) is 164 Å². The average molecular weight is 874 g/mol. The standard InChI is InChI=1S/C48H46N4.Pt/c1-46(2,3)33-19-22-42-39(28-33)38-20-21-40(31-25-32(27-35(26-31)48(7,8)9)41-29-34(23-24-49-41)47(4,5)6)50-44(38)52(42)45-37-18-14-13-17-36(37)43(51-45)30-15-11-10-12-16-30;/h10-24,26-29H,1-9H3;/q-2;+2. The van der Waals surface area contributed by atoms with Crippen molar-refractivity contribution in [1.82, 2.24) is 19.5 Å². The number of hydrogen-bond donors (Lipinski definition) is 0. The minimum atomic E-state index is -0.0887. The van der Waals surface area contributed by atoms with E-state index in [1.165, 1.54) is 22.1 Å². The van der Waals surface area contributed by atoms with Crippen molar-refractivity contribution in [3.63, 3.8) is 0 Å².